The number of anilines is 2. The van der Waals surface area contributed by atoms with Gasteiger partial charge < -0.3 is 16.0 Å². The number of aryl methyl sites for hydroxylation is 1. The summed E-state index contributed by atoms with van der Waals surface area (Å²) in [7, 11) is 0. The van der Waals surface area contributed by atoms with Crippen LogP contribution >= 0.6 is 36.3 Å². The van der Waals surface area contributed by atoms with Crippen molar-refractivity contribution in [2.24, 2.45) is 5.92 Å². The van der Waals surface area contributed by atoms with Crippen molar-refractivity contribution in [3.8, 4) is 11.3 Å². The summed E-state index contributed by atoms with van der Waals surface area (Å²) < 4.78 is 8.39. The number of amides is 1. The van der Waals surface area contributed by atoms with Crippen molar-refractivity contribution < 1.29 is 4.79 Å². The van der Waals surface area contributed by atoms with Crippen LogP contribution in [0.1, 0.15) is 44.0 Å². The highest BCUT2D eigenvalue weighted by Crippen LogP contribution is 2.28. The van der Waals surface area contributed by atoms with Gasteiger partial charge in [-0.15, -0.1) is 24.8 Å². The summed E-state index contributed by atoms with van der Waals surface area (Å²) in [5, 5.41) is 15.3. The molecule has 3 N–H and O–H groups in total. The maximum atomic E-state index is 12.5. The Balaban J connectivity index is 0.00000194. The van der Waals surface area contributed by atoms with Gasteiger partial charge in [0.15, 0.2) is 11.5 Å². The highest BCUT2D eigenvalue weighted by atomic mass is 35.5. The monoisotopic (exact) mass is 620 g/mol. The molecule has 1 amide bonds. The van der Waals surface area contributed by atoms with Crippen molar-refractivity contribution in [3.05, 3.63) is 42.2 Å². The van der Waals surface area contributed by atoms with E-state index in [1.54, 1.807) is 10.9 Å². The van der Waals surface area contributed by atoms with Gasteiger partial charge in [0.05, 0.1) is 29.5 Å². The summed E-state index contributed by atoms with van der Waals surface area (Å²) in [5.41, 5.74) is 4.47. The van der Waals surface area contributed by atoms with E-state index in [9.17, 15) is 4.79 Å². The zero-order chi connectivity index (χ0) is 26.8. The van der Waals surface area contributed by atoms with Crippen molar-refractivity contribution in [1.82, 2.24) is 44.1 Å². The van der Waals surface area contributed by atoms with Gasteiger partial charge in [-0.25, -0.2) is 9.97 Å². The van der Waals surface area contributed by atoms with Gasteiger partial charge in [0.25, 0.3) is 0 Å². The summed E-state index contributed by atoms with van der Waals surface area (Å²) >= 11 is 1.45. The fourth-order valence-electron chi connectivity index (χ4n) is 5.60. The molecule has 11 nitrogen and oxygen atoms in total. The van der Waals surface area contributed by atoms with Crippen LogP contribution in [0.25, 0.3) is 16.9 Å². The first-order valence-corrected chi connectivity index (χ1v) is 14.6. The van der Waals surface area contributed by atoms with Crippen molar-refractivity contribution in [2.75, 3.05) is 31.5 Å². The third-order valence-corrected chi connectivity index (χ3v) is 8.22. The van der Waals surface area contributed by atoms with E-state index < -0.39 is 0 Å². The van der Waals surface area contributed by atoms with Crippen molar-refractivity contribution in [2.45, 2.75) is 58.7 Å². The molecule has 14 heteroatoms. The maximum Gasteiger partial charge on any atom is 0.241 e. The Morgan fingerprint density at radius 1 is 1.17 bits per heavy atom. The number of nitrogens with one attached hydrogen (secondary N) is 3. The van der Waals surface area contributed by atoms with Gasteiger partial charge in [-0.3, -0.25) is 18.8 Å². The van der Waals surface area contributed by atoms with Crippen LogP contribution in [0.5, 0.6) is 0 Å². The molecule has 4 aromatic rings. The molecule has 0 spiro atoms. The van der Waals surface area contributed by atoms with E-state index in [4.69, 9.17) is 4.98 Å². The molecule has 4 aromatic heterocycles. The second-order valence-corrected chi connectivity index (χ2v) is 11.7. The van der Waals surface area contributed by atoms with Crippen molar-refractivity contribution >= 4 is 58.7 Å². The zero-order valence-corrected chi connectivity index (χ0v) is 25.8. The lowest BCUT2D eigenvalue weighted by Gasteiger charge is -2.30. The van der Waals surface area contributed by atoms with Crippen LogP contribution in [0.4, 0.5) is 10.8 Å². The average molecular weight is 622 g/mol. The van der Waals surface area contributed by atoms with Gasteiger partial charge >= 0.3 is 0 Å². The number of hydrogen-bond acceptors (Lipinski definition) is 9. The molecule has 0 bridgehead atoms. The summed E-state index contributed by atoms with van der Waals surface area (Å²) in [6, 6.07) is 2.35. The molecule has 1 atom stereocenters. The van der Waals surface area contributed by atoms with Crippen LogP contribution in [-0.4, -0.2) is 71.6 Å². The van der Waals surface area contributed by atoms with E-state index in [0.29, 0.717) is 5.82 Å². The number of imidazole rings is 1. The molecule has 2 aliphatic heterocycles. The Kier molecular flexibility index (Phi) is 10.6. The smallest absolute Gasteiger partial charge is 0.241 e. The normalized spacial score (nSPS) is 18.0. The number of piperidine rings is 2. The molecule has 0 saturated carbocycles. The Labute approximate surface area is 256 Å². The van der Waals surface area contributed by atoms with Gasteiger partial charge in [0.2, 0.25) is 5.91 Å². The molecule has 41 heavy (non-hydrogen) atoms. The number of fused-ring (bicyclic) bond motifs is 1. The Bertz CT molecular complexity index is 1450. The number of hydrogen-bond donors (Lipinski definition) is 3. The van der Waals surface area contributed by atoms with Gasteiger partial charge in [0.1, 0.15) is 11.5 Å². The Morgan fingerprint density at radius 2 is 2.00 bits per heavy atom. The average Bonchev–Trinajstić information content (AvgIpc) is 3.65. The molecule has 0 radical (unpaired) electrons. The molecular weight excluding hydrogens is 583 g/mol. The van der Waals surface area contributed by atoms with E-state index in [1.165, 1.54) is 24.4 Å². The number of likely N-dealkylation sites (tertiary alicyclic amines) is 1. The lowest BCUT2D eigenvalue weighted by molar-refractivity contribution is -0.122. The van der Waals surface area contributed by atoms with Crippen LogP contribution in [0.15, 0.2) is 30.9 Å². The van der Waals surface area contributed by atoms with Gasteiger partial charge in [-0.1, -0.05) is 6.92 Å². The van der Waals surface area contributed by atoms with Crippen LogP contribution in [-0.2, 0) is 17.9 Å². The van der Waals surface area contributed by atoms with Gasteiger partial charge in [0, 0.05) is 37.1 Å². The van der Waals surface area contributed by atoms with E-state index in [-0.39, 0.29) is 43.3 Å². The summed E-state index contributed by atoms with van der Waals surface area (Å²) in [4.78, 5) is 24.5. The maximum absolute atomic E-state index is 12.5. The minimum Gasteiger partial charge on any atom is -0.352 e. The number of nitrogens with zero attached hydrogens (tertiary/aromatic N) is 7. The predicted octanol–water partition coefficient (Wildman–Crippen LogP) is 4.05. The first-order chi connectivity index (χ1) is 19.0. The van der Waals surface area contributed by atoms with E-state index in [1.807, 2.05) is 29.9 Å². The van der Waals surface area contributed by atoms with E-state index >= 15 is 0 Å². The van der Waals surface area contributed by atoms with Crippen LogP contribution in [0.2, 0.25) is 0 Å². The highest BCUT2D eigenvalue weighted by molar-refractivity contribution is 7.10. The lowest BCUT2D eigenvalue weighted by Crippen LogP contribution is -2.43. The standard InChI is InChI=1S/C27H36N10OS.2ClH/c1-18-4-3-9-35(13-18)16-22-10-25(39-34-22)33-26-27-29-12-23(37(27)14-19(2)31-26)20-11-30-36(15-20)17-24(38)32-21-5-7-28-8-6-21;;/h10-12,14-15,18,21,28H,3-9,13,16-17H2,1-2H3,(H,31,33)(H,32,38);2*1H. The second kappa shape index (κ2) is 13.9. The van der Waals surface area contributed by atoms with E-state index in [2.05, 4.69) is 48.3 Å². The number of carbonyl (C=O) groups is 1. The Morgan fingerprint density at radius 3 is 2.80 bits per heavy atom. The molecule has 2 aliphatic rings. The number of rotatable bonds is 8. The van der Waals surface area contributed by atoms with Crippen molar-refractivity contribution in [3.63, 3.8) is 0 Å². The molecule has 2 saturated heterocycles. The van der Waals surface area contributed by atoms with E-state index in [0.717, 1.165) is 84.8 Å². The van der Waals surface area contributed by atoms with Gasteiger partial charge in [-0.05, 0) is 75.8 Å². The first-order valence-electron chi connectivity index (χ1n) is 13.8. The number of carbonyl (C=O) groups excluding carboxylic acids is 1. The minimum atomic E-state index is -0.0139. The third-order valence-electron chi connectivity index (χ3n) is 7.48. The van der Waals surface area contributed by atoms with Crippen LogP contribution in [0, 0.1) is 12.8 Å². The molecular formula is C27H38Cl2N10OS. The molecule has 2 fully saturated rings. The molecule has 0 aromatic carbocycles. The zero-order valence-electron chi connectivity index (χ0n) is 23.4. The quantitative estimate of drug-likeness (QED) is 0.270. The topological polar surface area (TPSA) is 117 Å². The second-order valence-electron chi connectivity index (χ2n) is 10.9. The highest BCUT2D eigenvalue weighted by Gasteiger charge is 2.19. The largest absolute Gasteiger partial charge is 0.352 e. The summed E-state index contributed by atoms with van der Waals surface area (Å²) in [5.74, 6) is 1.43. The lowest BCUT2D eigenvalue weighted by atomic mass is 10.0. The third kappa shape index (κ3) is 7.55. The molecule has 6 heterocycles. The Hall–Kier alpha value is -2.77. The fourth-order valence-corrected chi connectivity index (χ4v) is 6.25. The molecule has 222 valence electrons. The SMILES string of the molecule is Cc1cn2c(-c3cnn(CC(=O)NC4CCNCC4)c3)cnc2c(Nc2cc(CN3CCCC(C)C3)ns2)n1.Cl.Cl. The van der Waals surface area contributed by atoms with Crippen molar-refractivity contribution in [1.29, 1.82) is 0 Å². The predicted molar refractivity (Wildman–Crippen MR) is 167 cm³/mol. The fraction of sp³-hybridized carbons (Fsp3) is 0.519. The number of halogens is 2. The number of aromatic nitrogens is 6. The van der Waals surface area contributed by atoms with Crippen LogP contribution in [0.3, 0.4) is 0 Å². The minimum absolute atomic E-state index is 0. The van der Waals surface area contributed by atoms with Gasteiger partial charge in [-0.2, -0.15) is 9.47 Å². The first kappa shape index (κ1) is 31.2. The summed E-state index contributed by atoms with van der Waals surface area (Å²) in [6.07, 6.45) is 12.0. The van der Waals surface area contributed by atoms with Crippen LogP contribution < -0.4 is 16.0 Å². The molecule has 0 aliphatic carbocycles. The molecule has 1 unspecified atom stereocenters. The molecule has 6 rings (SSSR count). The summed E-state index contributed by atoms with van der Waals surface area (Å²) in [6.45, 7) is 9.53.